The fourth-order valence-electron chi connectivity index (χ4n) is 3.40. The molecule has 2 aliphatic carbocycles. The Morgan fingerprint density at radius 1 is 1.29 bits per heavy atom. The van der Waals surface area contributed by atoms with E-state index >= 15 is 0 Å². The molecule has 17 heavy (non-hydrogen) atoms. The predicted molar refractivity (Wildman–Crippen MR) is 71.9 cm³/mol. The van der Waals surface area contributed by atoms with Crippen LogP contribution in [0.3, 0.4) is 0 Å². The molecule has 92 valence electrons. The van der Waals surface area contributed by atoms with Crippen molar-refractivity contribution in [2.75, 3.05) is 0 Å². The van der Waals surface area contributed by atoms with E-state index in [-0.39, 0.29) is 0 Å². The highest BCUT2D eigenvalue weighted by molar-refractivity contribution is 9.10. The van der Waals surface area contributed by atoms with E-state index in [0.29, 0.717) is 5.75 Å². The second-order valence-electron chi connectivity index (χ2n) is 5.45. The van der Waals surface area contributed by atoms with Gasteiger partial charge in [-0.1, -0.05) is 12.5 Å². The lowest BCUT2D eigenvalue weighted by atomic mass is 9.95. The van der Waals surface area contributed by atoms with Crippen molar-refractivity contribution >= 4 is 15.9 Å². The third kappa shape index (κ3) is 2.36. The molecule has 1 aromatic rings. The molecule has 1 aromatic carbocycles. The molecule has 0 amide bonds. The number of halogens is 1. The molecule has 2 nitrogen and oxygen atoms in total. The number of fused-ring (bicyclic) bond motifs is 2. The monoisotopic (exact) mass is 295 g/mol. The van der Waals surface area contributed by atoms with Crippen LogP contribution in [-0.4, -0.2) is 11.1 Å². The van der Waals surface area contributed by atoms with E-state index in [1.807, 2.05) is 12.1 Å². The first-order valence-electron chi connectivity index (χ1n) is 6.43. The van der Waals surface area contributed by atoms with Gasteiger partial charge in [-0.25, -0.2) is 0 Å². The molecule has 2 fully saturated rings. The molecule has 3 atom stereocenters. The predicted octanol–water partition coefficient (Wildman–Crippen LogP) is 3.43. The van der Waals surface area contributed by atoms with Crippen molar-refractivity contribution in [1.29, 1.82) is 0 Å². The van der Waals surface area contributed by atoms with Crippen LogP contribution in [0.1, 0.15) is 31.2 Å². The van der Waals surface area contributed by atoms with Crippen LogP contribution in [0.4, 0.5) is 0 Å². The second kappa shape index (κ2) is 4.62. The molecule has 2 aliphatic rings. The smallest absolute Gasteiger partial charge is 0.129 e. The molecule has 2 saturated carbocycles. The zero-order valence-electron chi connectivity index (χ0n) is 9.82. The maximum atomic E-state index is 9.44. The maximum absolute atomic E-state index is 9.44. The van der Waals surface area contributed by atoms with E-state index in [9.17, 15) is 5.11 Å². The molecule has 0 aliphatic heterocycles. The Morgan fingerprint density at radius 3 is 2.82 bits per heavy atom. The summed E-state index contributed by atoms with van der Waals surface area (Å²) in [5, 5.41) is 13.1. The van der Waals surface area contributed by atoms with Crippen molar-refractivity contribution in [2.45, 2.75) is 38.3 Å². The number of aromatic hydroxyl groups is 1. The number of hydrogen-bond donors (Lipinski definition) is 2. The molecule has 0 spiro atoms. The Bertz CT molecular complexity index is 421. The maximum Gasteiger partial charge on any atom is 0.129 e. The lowest BCUT2D eigenvalue weighted by Gasteiger charge is -2.23. The summed E-state index contributed by atoms with van der Waals surface area (Å²) in [5.41, 5.74) is 1.23. The van der Waals surface area contributed by atoms with E-state index in [4.69, 9.17) is 0 Å². The van der Waals surface area contributed by atoms with Crippen LogP contribution in [0.25, 0.3) is 0 Å². The largest absolute Gasteiger partial charge is 0.507 e. The van der Waals surface area contributed by atoms with Crippen LogP contribution in [0.5, 0.6) is 5.75 Å². The average Bonchev–Trinajstić information content (AvgIpc) is 2.92. The molecule has 2 bridgehead atoms. The molecule has 0 aromatic heterocycles. The minimum atomic E-state index is 0.314. The molecule has 3 heteroatoms. The molecule has 0 saturated heterocycles. The van der Waals surface area contributed by atoms with Gasteiger partial charge in [0.25, 0.3) is 0 Å². The first kappa shape index (κ1) is 11.5. The van der Waals surface area contributed by atoms with Crippen molar-refractivity contribution in [3.05, 3.63) is 28.2 Å². The zero-order valence-corrected chi connectivity index (χ0v) is 11.4. The third-order valence-corrected chi connectivity index (χ3v) is 4.95. The lowest BCUT2D eigenvalue weighted by Crippen LogP contribution is -2.33. The Hall–Kier alpha value is -0.540. The average molecular weight is 296 g/mol. The van der Waals surface area contributed by atoms with Gasteiger partial charge < -0.3 is 10.4 Å². The van der Waals surface area contributed by atoms with Crippen molar-refractivity contribution in [3.8, 4) is 5.75 Å². The summed E-state index contributed by atoms with van der Waals surface area (Å²) < 4.78 is 0.782. The number of phenols is 1. The second-order valence-corrected chi connectivity index (χ2v) is 6.30. The molecule has 3 rings (SSSR count). The van der Waals surface area contributed by atoms with E-state index in [0.717, 1.165) is 28.9 Å². The molecular weight excluding hydrogens is 278 g/mol. The van der Waals surface area contributed by atoms with Gasteiger partial charge in [-0.2, -0.15) is 0 Å². The summed E-state index contributed by atoms with van der Waals surface area (Å²) >= 11 is 3.35. The molecule has 2 N–H and O–H groups in total. The number of rotatable bonds is 3. The van der Waals surface area contributed by atoms with Crippen molar-refractivity contribution in [2.24, 2.45) is 11.8 Å². The third-order valence-electron chi connectivity index (χ3n) is 4.32. The van der Waals surface area contributed by atoms with Crippen molar-refractivity contribution < 1.29 is 5.11 Å². The van der Waals surface area contributed by atoms with E-state index in [1.54, 1.807) is 6.07 Å². The minimum absolute atomic E-state index is 0.314. The van der Waals surface area contributed by atoms with E-state index in [1.165, 1.54) is 31.2 Å². The fourth-order valence-corrected chi connectivity index (χ4v) is 3.83. The van der Waals surface area contributed by atoms with Crippen LogP contribution < -0.4 is 5.32 Å². The van der Waals surface area contributed by atoms with Gasteiger partial charge >= 0.3 is 0 Å². The van der Waals surface area contributed by atoms with Gasteiger partial charge in [-0.3, -0.25) is 0 Å². The summed E-state index contributed by atoms with van der Waals surface area (Å²) in [5.74, 6) is 2.22. The standard InChI is InChI=1S/C14H18BrNO/c15-12-6-10(2-4-14(12)17)8-16-13-7-9-1-3-11(13)5-9/h2,4,6,9,11,13,16-17H,1,3,5,7-8H2. The fraction of sp³-hybridized carbons (Fsp3) is 0.571. The Kier molecular flexibility index (Phi) is 3.14. The topological polar surface area (TPSA) is 32.3 Å². The minimum Gasteiger partial charge on any atom is -0.507 e. The van der Waals surface area contributed by atoms with Gasteiger partial charge in [0.05, 0.1) is 4.47 Å². The lowest BCUT2D eigenvalue weighted by molar-refractivity contribution is 0.350. The van der Waals surface area contributed by atoms with Crippen LogP contribution >= 0.6 is 15.9 Å². The summed E-state index contributed by atoms with van der Waals surface area (Å²) in [6.07, 6.45) is 5.68. The molecular formula is C14H18BrNO. The highest BCUT2D eigenvalue weighted by Crippen LogP contribution is 2.44. The van der Waals surface area contributed by atoms with E-state index in [2.05, 4.69) is 21.2 Å². The number of nitrogens with one attached hydrogen (secondary N) is 1. The quantitative estimate of drug-likeness (QED) is 0.895. The molecule has 0 radical (unpaired) electrons. The molecule has 3 unspecified atom stereocenters. The number of benzene rings is 1. The van der Waals surface area contributed by atoms with E-state index < -0.39 is 0 Å². The van der Waals surface area contributed by atoms with Crippen LogP contribution in [0.2, 0.25) is 0 Å². The summed E-state index contributed by atoms with van der Waals surface area (Å²) in [6.45, 7) is 0.909. The van der Waals surface area contributed by atoms with Crippen LogP contribution in [0, 0.1) is 11.8 Å². The SMILES string of the molecule is Oc1ccc(CNC2CC3CCC2C3)cc1Br. The van der Waals surface area contributed by atoms with Crippen LogP contribution in [0.15, 0.2) is 22.7 Å². The van der Waals surface area contributed by atoms with Crippen molar-refractivity contribution in [1.82, 2.24) is 5.32 Å². The van der Waals surface area contributed by atoms with Crippen LogP contribution in [-0.2, 0) is 6.54 Å². The summed E-state index contributed by atoms with van der Waals surface area (Å²) in [4.78, 5) is 0. The van der Waals surface area contributed by atoms with Crippen molar-refractivity contribution in [3.63, 3.8) is 0 Å². The highest BCUT2D eigenvalue weighted by atomic mass is 79.9. The number of phenolic OH excluding ortho intramolecular Hbond substituents is 1. The summed E-state index contributed by atoms with van der Waals surface area (Å²) in [7, 11) is 0. The van der Waals surface area contributed by atoms with Gasteiger partial charge in [0.1, 0.15) is 5.75 Å². The number of hydrogen-bond acceptors (Lipinski definition) is 2. The Morgan fingerprint density at radius 2 is 2.18 bits per heavy atom. The molecule has 0 heterocycles. The highest BCUT2D eigenvalue weighted by Gasteiger charge is 2.38. The normalized spacial score (nSPS) is 31.0. The Balaban J connectivity index is 1.59. The first-order valence-corrected chi connectivity index (χ1v) is 7.22. The van der Waals surface area contributed by atoms with Gasteiger partial charge in [0.15, 0.2) is 0 Å². The Labute approximate surface area is 111 Å². The van der Waals surface area contributed by atoms with Gasteiger partial charge in [0.2, 0.25) is 0 Å². The first-order chi connectivity index (χ1) is 8.22. The zero-order chi connectivity index (χ0) is 11.8. The van der Waals surface area contributed by atoms with Gasteiger partial charge in [-0.05, 0) is 64.7 Å². The van der Waals surface area contributed by atoms with Gasteiger partial charge in [0, 0.05) is 12.6 Å². The van der Waals surface area contributed by atoms with Gasteiger partial charge in [-0.15, -0.1) is 0 Å². The summed E-state index contributed by atoms with van der Waals surface area (Å²) in [6, 6.07) is 6.46.